The summed E-state index contributed by atoms with van der Waals surface area (Å²) < 4.78 is 5.42. The van der Waals surface area contributed by atoms with Crippen LogP contribution in [0.15, 0.2) is 36.5 Å². The molecule has 0 spiro atoms. The van der Waals surface area contributed by atoms with E-state index in [1.165, 1.54) is 0 Å². The van der Waals surface area contributed by atoms with Crippen molar-refractivity contribution < 1.29 is 9.53 Å². The van der Waals surface area contributed by atoms with Crippen LogP contribution in [0.2, 0.25) is 0 Å². The van der Waals surface area contributed by atoms with E-state index in [-0.39, 0.29) is 11.8 Å². The molecule has 4 rings (SSSR count). The van der Waals surface area contributed by atoms with E-state index in [0.717, 1.165) is 75.6 Å². The maximum absolute atomic E-state index is 12.5. The van der Waals surface area contributed by atoms with Crippen LogP contribution in [-0.2, 0) is 9.53 Å². The van der Waals surface area contributed by atoms with Crippen molar-refractivity contribution in [2.45, 2.75) is 25.7 Å². The zero-order valence-corrected chi connectivity index (χ0v) is 16.7. The highest BCUT2D eigenvalue weighted by atomic mass is 16.5. The second-order valence-electron chi connectivity index (χ2n) is 7.81. The lowest BCUT2D eigenvalue weighted by atomic mass is 9.99. The molecule has 0 aliphatic carbocycles. The van der Waals surface area contributed by atoms with Gasteiger partial charge in [0.15, 0.2) is 0 Å². The molecule has 2 saturated heterocycles. The number of nitrogens with one attached hydrogen (secondary N) is 3. The van der Waals surface area contributed by atoms with E-state index < -0.39 is 0 Å². The first kappa shape index (κ1) is 19.8. The average Bonchev–Trinajstić information content (AvgIpc) is 2.79. The first-order chi connectivity index (χ1) is 14.3. The third-order valence-corrected chi connectivity index (χ3v) is 5.64. The van der Waals surface area contributed by atoms with E-state index in [2.05, 4.69) is 20.9 Å². The van der Waals surface area contributed by atoms with Crippen molar-refractivity contribution in [1.29, 1.82) is 0 Å². The standard InChI is InChI=1S/C22H29N5O2/c28-22(18-3-2-9-23-15-18)27-21-13-17(6-10-24-21)19-4-1-5-20(26-19)25-14-16-7-11-29-12-8-16/h1,4-6,10,13,16,18,23H,2-3,7-9,11-12,14-15H2,(H,25,26)(H,24,27,28)/t18-/m1/s1. The molecule has 0 radical (unpaired) electrons. The SMILES string of the molecule is O=C(Nc1cc(-c2cccc(NCC3CCOCC3)n2)ccn1)[C@@H]1CCCNC1. The van der Waals surface area contributed by atoms with Crippen molar-refractivity contribution >= 4 is 17.5 Å². The zero-order chi connectivity index (χ0) is 19.9. The highest BCUT2D eigenvalue weighted by molar-refractivity contribution is 5.92. The fraction of sp³-hybridized carbons (Fsp3) is 0.500. The van der Waals surface area contributed by atoms with Crippen molar-refractivity contribution in [2.24, 2.45) is 11.8 Å². The molecule has 2 aromatic heterocycles. The summed E-state index contributed by atoms with van der Waals surface area (Å²) in [5.74, 6) is 2.10. The van der Waals surface area contributed by atoms with Crippen molar-refractivity contribution in [3.05, 3.63) is 36.5 Å². The number of nitrogens with zero attached hydrogens (tertiary/aromatic N) is 2. The third-order valence-electron chi connectivity index (χ3n) is 5.64. The monoisotopic (exact) mass is 395 g/mol. The van der Waals surface area contributed by atoms with Crippen molar-refractivity contribution in [2.75, 3.05) is 43.5 Å². The van der Waals surface area contributed by atoms with Gasteiger partial charge in [-0.3, -0.25) is 4.79 Å². The number of hydrogen-bond acceptors (Lipinski definition) is 6. The molecular formula is C22H29N5O2. The maximum atomic E-state index is 12.5. The first-order valence-corrected chi connectivity index (χ1v) is 10.5. The Morgan fingerprint density at radius 2 is 2.07 bits per heavy atom. The molecule has 7 nitrogen and oxygen atoms in total. The number of aromatic nitrogens is 2. The highest BCUT2D eigenvalue weighted by Crippen LogP contribution is 2.22. The highest BCUT2D eigenvalue weighted by Gasteiger charge is 2.21. The van der Waals surface area contributed by atoms with Crippen LogP contribution in [-0.4, -0.2) is 48.7 Å². The third kappa shape index (κ3) is 5.52. The van der Waals surface area contributed by atoms with Crippen LogP contribution >= 0.6 is 0 Å². The van der Waals surface area contributed by atoms with Gasteiger partial charge in [-0.15, -0.1) is 0 Å². The molecule has 0 saturated carbocycles. The Bertz CT molecular complexity index is 816. The van der Waals surface area contributed by atoms with Gasteiger partial charge >= 0.3 is 0 Å². The second-order valence-corrected chi connectivity index (χ2v) is 7.81. The topological polar surface area (TPSA) is 88.2 Å². The lowest BCUT2D eigenvalue weighted by Crippen LogP contribution is -2.37. The first-order valence-electron chi connectivity index (χ1n) is 10.5. The van der Waals surface area contributed by atoms with E-state index in [0.29, 0.717) is 11.7 Å². The summed E-state index contributed by atoms with van der Waals surface area (Å²) in [4.78, 5) is 21.5. The predicted octanol–water partition coefficient (Wildman–Crippen LogP) is 2.92. The Hall–Kier alpha value is -2.51. The number of anilines is 2. The molecule has 0 bridgehead atoms. The molecule has 4 heterocycles. The molecule has 154 valence electrons. The Morgan fingerprint density at radius 1 is 1.17 bits per heavy atom. The average molecular weight is 396 g/mol. The molecule has 2 aliphatic rings. The molecular weight excluding hydrogens is 366 g/mol. The number of ether oxygens (including phenoxy) is 1. The molecule has 1 amide bonds. The minimum absolute atomic E-state index is 0.00467. The van der Waals surface area contributed by atoms with E-state index >= 15 is 0 Å². The number of hydrogen-bond donors (Lipinski definition) is 3. The van der Waals surface area contributed by atoms with Crippen LogP contribution in [0, 0.1) is 11.8 Å². The Balaban J connectivity index is 1.40. The van der Waals surface area contributed by atoms with Gasteiger partial charge in [-0.05, 0) is 62.4 Å². The molecule has 2 aromatic rings. The van der Waals surface area contributed by atoms with E-state index in [1.807, 2.05) is 30.3 Å². The summed E-state index contributed by atoms with van der Waals surface area (Å²) in [7, 11) is 0. The van der Waals surface area contributed by atoms with Gasteiger partial charge in [-0.1, -0.05) is 6.07 Å². The van der Waals surface area contributed by atoms with Crippen LogP contribution in [0.3, 0.4) is 0 Å². The summed E-state index contributed by atoms with van der Waals surface area (Å²) in [6.45, 7) is 4.33. The Labute approximate surface area is 171 Å². The van der Waals surface area contributed by atoms with Crippen LogP contribution in [0.4, 0.5) is 11.6 Å². The number of carbonyl (C=O) groups is 1. The van der Waals surface area contributed by atoms with Gasteiger partial charge in [-0.25, -0.2) is 9.97 Å². The summed E-state index contributed by atoms with van der Waals surface area (Å²) >= 11 is 0. The Kier molecular flexibility index (Phi) is 6.69. The van der Waals surface area contributed by atoms with Gasteiger partial charge in [0.05, 0.1) is 11.6 Å². The predicted molar refractivity (Wildman–Crippen MR) is 114 cm³/mol. The van der Waals surface area contributed by atoms with Crippen LogP contribution in [0.25, 0.3) is 11.3 Å². The minimum Gasteiger partial charge on any atom is -0.381 e. The fourth-order valence-corrected chi connectivity index (χ4v) is 3.86. The van der Waals surface area contributed by atoms with Gasteiger partial charge in [0.25, 0.3) is 0 Å². The molecule has 1 atom stereocenters. The minimum atomic E-state index is 0.00467. The van der Waals surface area contributed by atoms with E-state index in [9.17, 15) is 4.79 Å². The van der Waals surface area contributed by atoms with Gasteiger partial charge < -0.3 is 20.7 Å². The van der Waals surface area contributed by atoms with Gasteiger partial charge in [0.1, 0.15) is 11.6 Å². The number of pyridine rings is 2. The smallest absolute Gasteiger partial charge is 0.229 e. The fourth-order valence-electron chi connectivity index (χ4n) is 3.86. The van der Waals surface area contributed by atoms with Crippen molar-refractivity contribution in [3.8, 4) is 11.3 Å². The molecule has 3 N–H and O–H groups in total. The lowest BCUT2D eigenvalue weighted by Gasteiger charge is -2.22. The zero-order valence-electron chi connectivity index (χ0n) is 16.7. The summed E-state index contributed by atoms with van der Waals surface area (Å²) in [6, 6.07) is 9.77. The molecule has 29 heavy (non-hydrogen) atoms. The maximum Gasteiger partial charge on any atom is 0.229 e. The number of carbonyl (C=O) groups excluding carboxylic acids is 1. The summed E-state index contributed by atoms with van der Waals surface area (Å²) in [6.07, 6.45) is 5.85. The summed E-state index contributed by atoms with van der Waals surface area (Å²) in [5.41, 5.74) is 1.80. The molecule has 2 aliphatic heterocycles. The van der Waals surface area contributed by atoms with Gasteiger partial charge in [0.2, 0.25) is 5.91 Å². The molecule has 7 heteroatoms. The van der Waals surface area contributed by atoms with Crippen LogP contribution < -0.4 is 16.0 Å². The van der Waals surface area contributed by atoms with Crippen LogP contribution in [0.1, 0.15) is 25.7 Å². The van der Waals surface area contributed by atoms with Crippen molar-refractivity contribution in [3.63, 3.8) is 0 Å². The Morgan fingerprint density at radius 3 is 2.90 bits per heavy atom. The largest absolute Gasteiger partial charge is 0.381 e. The lowest BCUT2D eigenvalue weighted by molar-refractivity contribution is -0.120. The van der Waals surface area contributed by atoms with Gasteiger partial charge in [0, 0.05) is 38.1 Å². The quantitative estimate of drug-likeness (QED) is 0.697. The number of piperidine rings is 1. The van der Waals surface area contributed by atoms with E-state index in [1.54, 1.807) is 6.20 Å². The molecule has 2 fully saturated rings. The summed E-state index contributed by atoms with van der Waals surface area (Å²) in [5, 5.41) is 9.69. The van der Waals surface area contributed by atoms with Gasteiger partial charge in [-0.2, -0.15) is 0 Å². The normalized spacial score (nSPS) is 20.2. The molecule has 0 unspecified atom stereocenters. The van der Waals surface area contributed by atoms with Crippen molar-refractivity contribution in [1.82, 2.24) is 15.3 Å². The second kappa shape index (κ2) is 9.80. The van der Waals surface area contributed by atoms with Crippen LogP contribution in [0.5, 0.6) is 0 Å². The number of rotatable bonds is 6. The number of amides is 1. The van der Waals surface area contributed by atoms with E-state index in [4.69, 9.17) is 9.72 Å². The molecule has 0 aromatic carbocycles.